The number of carbonyl (C=O) groups excluding carboxylic acids is 3. The number of hydrogen-bond donors (Lipinski definition) is 2. The van der Waals surface area contributed by atoms with Gasteiger partial charge in [-0.2, -0.15) is 0 Å². The van der Waals surface area contributed by atoms with Gasteiger partial charge in [-0.3, -0.25) is 14.4 Å². The van der Waals surface area contributed by atoms with Crippen molar-refractivity contribution < 1.29 is 19.1 Å². The number of benzene rings is 2. The fourth-order valence-electron chi connectivity index (χ4n) is 2.66. The number of hydrogen-bond acceptors (Lipinski definition) is 5. The first-order valence-electron chi connectivity index (χ1n) is 10.3. The van der Waals surface area contributed by atoms with Crippen LogP contribution in [-0.2, 0) is 25.5 Å². The van der Waals surface area contributed by atoms with E-state index in [9.17, 15) is 14.4 Å². The second kappa shape index (κ2) is 12.8. The van der Waals surface area contributed by atoms with Crippen molar-refractivity contribution in [1.82, 2.24) is 5.32 Å². The third-order valence-corrected chi connectivity index (χ3v) is 5.68. The SMILES string of the molecule is Cc1ccc(CCC(=O)NCCOC(=O)C(C)SCC(=O)Nc2ccc(C)cc2)cc1. The molecule has 0 saturated heterocycles. The van der Waals surface area contributed by atoms with Crippen molar-refractivity contribution in [3.63, 3.8) is 0 Å². The molecular weight excluding hydrogens is 412 g/mol. The van der Waals surface area contributed by atoms with E-state index < -0.39 is 11.2 Å². The minimum atomic E-state index is -0.471. The van der Waals surface area contributed by atoms with Crippen LogP contribution in [0.25, 0.3) is 0 Å². The molecule has 6 nitrogen and oxygen atoms in total. The highest BCUT2D eigenvalue weighted by molar-refractivity contribution is 8.01. The fraction of sp³-hybridized carbons (Fsp3) is 0.375. The van der Waals surface area contributed by atoms with Crippen molar-refractivity contribution in [3.8, 4) is 0 Å². The van der Waals surface area contributed by atoms with Crippen LogP contribution in [0.1, 0.15) is 30.0 Å². The Balaban J connectivity index is 1.56. The summed E-state index contributed by atoms with van der Waals surface area (Å²) in [4.78, 5) is 36.0. The molecule has 0 aliphatic carbocycles. The maximum Gasteiger partial charge on any atom is 0.318 e. The predicted molar refractivity (Wildman–Crippen MR) is 125 cm³/mol. The van der Waals surface area contributed by atoms with E-state index in [-0.39, 0.29) is 30.7 Å². The highest BCUT2D eigenvalue weighted by atomic mass is 32.2. The Morgan fingerprint density at radius 3 is 2.19 bits per heavy atom. The molecule has 0 aliphatic rings. The summed E-state index contributed by atoms with van der Waals surface area (Å²) in [6.45, 7) is 6.08. The number of rotatable bonds is 11. The molecule has 31 heavy (non-hydrogen) atoms. The molecule has 2 amide bonds. The van der Waals surface area contributed by atoms with Crippen LogP contribution in [-0.4, -0.2) is 41.9 Å². The minimum Gasteiger partial charge on any atom is -0.463 e. The van der Waals surface area contributed by atoms with Gasteiger partial charge in [0.15, 0.2) is 0 Å². The molecule has 2 aromatic carbocycles. The quantitative estimate of drug-likeness (QED) is 0.410. The normalized spacial score (nSPS) is 11.5. The maximum absolute atomic E-state index is 12.0. The highest BCUT2D eigenvalue weighted by Crippen LogP contribution is 2.14. The van der Waals surface area contributed by atoms with E-state index >= 15 is 0 Å². The Kier molecular flexibility index (Phi) is 10.1. The molecule has 2 rings (SSSR count). The number of amides is 2. The van der Waals surface area contributed by atoms with E-state index in [4.69, 9.17) is 4.74 Å². The van der Waals surface area contributed by atoms with Gasteiger partial charge in [0.2, 0.25) is 11.8 Å². The van der Waals surface area contributed by atoms with Crippen molar-refractivity contribution in [2.45, 2.75) is 38.9 Å². The number of anilines is 1. The van der Waals surface area contributed by atoms with E-state index in [0.29, 0.717) is 12.8 Å². The van der Waals surface area contributed by atoms with E-state index in [1.54, 1.807) is 6.92 Å². The van der Waals surface area contributed by atoms with Crippen LogP contribution in [0.4, 0.5) is 5.69 Å². The van der Waals surface area contributed by atoms with Crippen LogP contribution in [0, 0.1) is 13.8 Å². The molecule has 0 fully saturated rings. The number of ether oxygens (including phenoxy) is 1. The third-order valence-electron chi connectivity index (χ3n) is 4.56. The van der Waals surface area contributed by atoms with Gasteiger partial charge in [-0.25, -0.2) is 0 Å². The van der Waals surface area contributed by atoms with Gasteiger partial charge in [-0.15, -0.1) is 11.8 Å². The largest absolute Gasteiger partial charge is 0.463 e. The Morgan fingerprint density at radius 1 is 0.935 bits per heavy atom. The second-order valence-electron chi connectivity index (χ2n) is 7.37. The van der Waals surface area contributed by atoms with Crippen LogP contribution in [0.5, 0.6) is 0 Å². The van der Waals surface area contributed by atoms with Gasteiger partial charge in [0, 0.05) is 12.1 Å². The van der Waals surface area contributed by atoms with Crippen LogP contribution >= 0.6 is 11.8 Å². The van der Waals surface area contributed by atoms with Crippen LogP contribution in [0.2, 0.25) is 0 Å². The van der Waals surface area contributed by atoms with Crippen molar-refractivity contribution >= 4 is 35.2 Å². The van der Waals surface area contributed by atoms with Crippen molar-refractivity contribution in [3.05, 3.63) is 65.2 Å². The predicted octanol–water partition coefficient (Wildman–Crippen LogP) is 3.66. The molecule has 0 bridgehead atoms. The molecule has 166 valence electrons. The van der Waals surface area contributed by atoms with Gasteiger partial charge in [0.1, 0.15) is 11.9 Å². The van der Waals surface area contributed by atoms with Crippen molar-refractivity contribution in [2.75, 3.05) is 24.2 Å². The van der Waals surface area contributed by atoms with Crippen molar-refractivity contribution in [1.29, 1.82) is 0 Å². The molecule has 1 atom stereocenters. The molecule has 0 aliphatic heterocycles. The zero-order valence-corrected chi connectivity index (χ0v) is 19.1. The lowest BCUT2D eigenvalue weighted by Crippen LogP contribution is -2.29. The number of thioether (sulfide) groups is 1. The first kappa shape index (κ1) is 24.5. The first-order valence-corrected chi connectivity index (χ1v) is 11.4. The third kappa shape index (κ3) is 9.70. The van der Waals surface area contributed by atoms with Gasteiger partial charge in [0.05, 0.1) is 12.3 Å². The summed E-state index contributed by atoms with van der Waals surface area (Å²) < 4.78 is 5.19. The Bertz CT molecular complexity index is 866. The molecule has 2 aromatic rings. The van der Waals surface area contributed by atoms with Crippen LogP contribution in [0.15, 0.2) is 48.5 Å². The van der Waals surface area contributed by atoms with E-state index in [0.717, 1.165) is 16.8 Å². The lowest BCUT2D eigenvalue weighted by atomic mass is 10.1. The smallest absolute Gasteiger partial charge is 0.318 e. The lowest BCUT2D eigenvalue weighted by molar-refractivity contribution is -0.142. The van der Waals surface area contributed by atoms with Crippen molar-refractivity contribution in [2.24, 2.45) is 0 Å². The summed E-state index contributed by atoms with van der Waals surface area (Å²) in [7, 11) is 0. The number of esters is 1. The molecule has 0 radical (unpaired) electrons. The summed E-state index contributed by atoms with van der Waals surface area (Å²) >= 11 is 1.21. The maximum atomic E-state index is 12.0. The zero-order valence-electron chi connectivity index (χ0n) is 18.3. The monoisotopic (exact) mass is 442 g/mol. The van der Waals surface area contributed by atoms with E-state index in [2.05, 4.69) is 10.6 Å². The Hall–Kier alpha value is -2.80. The number of carbonyl (C=O) groups is 3. The summed E-state index contributed by atoms with van der Waals surface area (Å²) in [6.07, 6.45) is 1.06. The van der Waals surface area contributed by atoms with E-state index in [1.807, 2.05) is 62.4 Å². The van der Waals surface area contributed by atoms with Gasteiger partial charge in [-0.05, 0) is 44.9 Å². The zero-order chi connectivity index (χ0) is 22.6. The topological polar surface area (TPSA) is 84.5 Å². The summed E-state index contributed by atoms with van der Waals surface area (Å²) in [5.74, 6) is -0.497. The molecule has 2 N–H and O–H groups in total. The average molecular weight is 443 g/mol. The standard InChI is InChI=1S/C24H30N2O4S/c1-17-4-8-20(9-5-17)10-13-22(27)25-14-15-30-24(29)19(3)31-16-23(28)26-21-11-6-18(2)7-12-21/h4-9,11-12,19H,10,13-16H2,1-3H3,(H,25,27)(H,26,28). The molecule has 0 heterocycles. The molecule has 0 spiro atoms. The molecule has 7 heteroatoms. The van der Waals surface area contributed by atoms with Gasteiger partial charge < -0.3 is 15.4 Å². The Labute approximate surface area is 188 Å². The number of nitrogens with one attached hydrogen (secondary N) is 2. The second-order valence-corrected chi connectivity index (χ2v) is 8.70. The molecule has 0 aromatic heterocycles. The molecule has 1 unspecified atom stereocenters. The average Bonchev–Trinajstić information content (AvgIpc) is 2.76. The van der Waals surface area contributed by atoms with Gasteiger partial charge in [0.25, 0.3) is 0 Å². The minimum absolute atomic E-state index is 0.0770. The summed E-state index contributed by atoms with van der Waals surface area (Å²) in [5.41, 5.74) is 4.15. The van der Waals surface area contributed by atoms with E-state index in [1.165, 1.54) is 17.3 Å². The molecular formula is C24H30N2O4S. The lowest BCUT2D eigenvalue weighted by Gasteiger charge is -2.12. The van der Waals surface area contributed by atoms with Crippen LogP contribution < -0.4 is 10.6 Å². The van der Waals surface area contributed by atoms with Crippen LogP contribution in [0.3, 0.4) is 0 Å². The first-order chi connectivity index (χ1) is 14.8. The number of aryl methyl sites for hydroxylation is 3. The fourth-order valence-corrected chi connectivity index (χ4v) is 3.34. The van der Waals surface area contributed by atoms with Gasteiger partial charge in [-0.1, -0.05) is 47.5 Å². The highest BCUT2D eigenvalue weighted by Gasteiger charge is 2.17. The summed E-state index contributed by atoms with van der Waals surface area (Å²) in [6, 6.07) is 15.6. The Morgan fingerprint density at radius 2 is 1.55 bits per heavy atom. The summed E-state index contributed by atoms with van der Waals surface area (Å²) in [5, 5.41) is 5.08. The van der Waals surface area contributed by atoms with Gasteiger partial charge >= 0.3 is 5.97 Å². The molecule has 0 saturated carbocycles.